The number of fused-ring (bicyclic) bond motifs is 1. The fraction of sp³-hybridized carbons (Fsp3) is 0.696. The summed E-state index contributed by atoms with van der Waals surface area (Å²) in [6.45, 7) is 6.47. The van der Waals surface area contributed by atoms with E-state index in [1.54, 1.807) is 0 Å². The van der Waals surface area contributed by atoms with Gasteiger partial charge in [-0.3, -0.25) is 0 Å². The standard InChI is InChI=1S/C23H34BrNO3/c1-23(2,3)28-22(26)25-20-12-8-7-11-17-13-21(19(24)14-18(17)20)27-15-16-9-5-4-6-10-16/h13-14,16,20H,4-12,15H2,1-3H3,(H,25,26). The highest BCUT2D eigenvalue weighted by Crippen LogP contribution is 2.37. The number of carbonyl (C=O) groups excluding carboxylic acids is 1. The van der Waals surface area contributed by atoms with E-state index in [1.165, 1.54) is 43.2 Å². The van der Waals surface area contributed by atoms with Gasteiger partial charge in [0.05, 0.1) is 17.1 Å². The van der Waals surface area contributed by atoms with E-state index < -0.39 is 5.60 Å². The predicted octanol–water partition coefficient (Wildman–Crippen LogP) is 6.70. The molecule has 3 rings (SSSR count). The van der Waals surface area contributed by atoms with E-state index in [4.69, 9.17) is 9.47 Å². The van der Waals surface area contributed by atoms with Gasteiger partial charge in [-0.25, -0.2) is 4.79 Å². The van der Waals surface area contributed by atoms with E-state index in [-0.39, 0.29) is 12.1 Å². The monoisotopic (exact) mass is 451 g/mol. The van der Waals surface area contributed by atoms with Crippen molar-refractivity contribution in [1.29, 1.82) is 0 Å². The van der Waals surface area contributed by atoms with Crippen molar-refractivity contribution in [3.8, 4) is 5.75 Å². The van der Waals surface area contributed by atoms with Crippen molar-refractivity contribution in [3.05, 3.63) is 27.7 Å². The molecule has 4 nitrogen and oxygen atoms in total. The Morgan fingerprint density at radius 3 is 2.54 bits per heavy atom. The Kier molecular flexibility index (Phi) is 7.30. The van der Waals surface area contributed by atoms with Crippen LogP contribution < -0.4 is 10.1 Å². The highest BCUT2D eigenvalue weighted by atomic mass is 79.9. The maximum atomic E-state index is 12.3. The van der Waals surface area contributed by atoms with Gasteiger partial charge in [0.25, 0.3) is 0 Å². The molecule has 1 atom stereocenters. The maximum absolute atomic E-state index is 12.3. The molecule has 2 aliphatic carbocycles. The Morgan fingerprint density at radius 2 is 1.82 bits per heavy atom. The van der Waals surface area contributed by atoms with Crippen molar-refractivity contribution < 1.29 is 14.3 Å². The molecular weight excluding hydrogens is 418 g/mol. The summed E-state index contributed by atoms with van der Waals surface area (Å²) in [7, 11) is 0. The Balaban J connectivity index is 1.71. The Labute approximate surface area is 177 Å². The summed E-state index contributed by atoms with van der Waals surface area (Å²) in [4.78, 5) is 12.3. The first-order valence-corrected chi connectivity index (χ1v) is 11.6. The van der Waals surface area contributed by atoms with Crippen molar-refractivity contribution >= 4 is 22.0 Å². The second kappa shape index (κ2) is 9.51. The minimum absolute atomic E-state index is 0.0176. The normalized spacial score (nSPS) is 20.8. The first kappa shape index (κ1) is 21.5. The zero-order chi connectivity index (χ0) is 20.1. The average molecular weight is 452 g/mol. The third kappa shape index (κ3) is 6.13. The molecule has 0 heterocycles. The fourth-order valence-corrected chi connectivity index (χ4v) is 4.72. The molecule has 1 amide bonds. The van der Waals surface area contributed by atoms with Crippen LogP contribution in [0.3, 0.4) is 0 Å². The van der Waals surface area contributed by atoms with Gasteiger partial charge >= 0.3 is 6.09 Å². The molecule has 0 aliphatic heterocycles. The predicted molar refractivity (Wildman–Crippen MR) is 116 cm³/mol. The molecule has 1 unspecified atom stereocenters. The number of aryl methyl sites for hydroxylation is 1. The van der Waals surface area contributed by atoms with Crippen LogP contribution in [0.4, 0.5) is 4.79 Å². The van der Waals surface area contributed by atoms with Gasteiger partial charge in [-0.05, 0) is 98.0 Å². The van der Waals surface area contributed by atoms with Crippen LogP contribution in [-0.2, 0) is 11.2 Å². The minimum Gasteiger partial charge on any atom is -0.492 e. The van der Waals surface area contributed by atoms with E-state index >= 15 is 0 Å². The van der Waals surface area contributed by atoms with Gasteiger partial charge in [0.2, 0.25) is 0 Å². The van der Waals surface area contributed by atoms with E-state index in [0.717, 1.165) is 42.5 Å². The number of ether oxygens (including phenoxy) is 2. The lowest BCUT2D eigenvalue weighted by atomic mass is 9.90. The third-order valence-electron chi connectivity index (χ3n) is 5.65. The number of hydrogen-bond acceptors (Lipinski definition) is 3. The van der Waals surface area contributed by atoms with Gasteiger partial charge in [-0.1, -0.05) is 25.7 Å². The number of nitrogens with one attached hydrogen (secondary N) is 1. The number of hydrogen-bond donors (Lipinski definition) is 1. The minimum atomic E-state index is -0.491. The molecule has 0 saturated heterocycles. The van der Waals surface area contributed by atoms with Crippen LogP contribution in [0.25, 0.3) is 0 Å². The molecule has 2 aliphatic rings. The Bertz CT molecular complexity index is 677. The van der Waals surface area contributed by atoms with Crippen LogP contribution in [0.5, 0.6) is 5.75 Å². The largest absolute Gasteiger partial charge is 0.492 e. The topological polar surface area (TPSA) is 47.6 Å². The summed E-state index contributed by atoms with van der Waals surface area (Å²) < 4.78 is 12.6. The molecule has 1 fully saturated rings. The lowest BCUT2D eigenvalue weighted by molar-refractivity contribution is 0.0501. The van der Waals surface area contributed by atoms with Crippen LogP contribution in [0.1, 0.15) is 89.3 Å². The SMILES string of the molecule is CC(C)(C)OC(=O)NC1CCCCc2cc(OCC3CCCCC3)c(Br)cc21. The van der Waals surface area contributed by atoms with Gasteiger partial charge in [-0.2, -0.15) is 0 Å². The molecule has 156 valence electrons. The first-order chi connectivity index (χ1) is 13.3. The molecule has 0 radical (unpaired) electrons. The lowest BCUT2D eigenvalue weighted by Crippen LogP contribution is -2.35. The smallest absolute Gasteiger partial charge is 0.408 e. The summed E-state index contributed by atoms with van der Waals surface area (Å²) in [6, 6.07) is 4.30. The van der Waals surface area contributed by atoms with Gasteiger partial charge in [-0.15, -0.1) is 0 Å². The van der Waals surface area contributed by atoms with E-state index in [0.29, 0.717) is 5.92 Å². The highest BCUT2D eigenvalue weighted by molar-refractivity contribution is 9.10. The van der Waals surface area contributed by atoms with Crippen molar-refractivity contribution in [2.75, 3.05) is 6.61 Å². The molecule has 1 aromatic carbocycles. The quantitative estimate of drug-likeness (QED) is 0.517. The summed E-state index contributed by atoms with van der Waals surface area (Å²) in [5.74, 6) is 1.61. The second-order valence-corrected chi connectivity index (χ2v) is 10.1. The average Bonchev–Trinajstić information content (AvgIpc) is 2.81. The number of alkyl carbamates (subject to hydrolysis) is 1. The van der Waals surface area contributed by atoms with Crippen molar-refractivity contribution in [2.24, 2.45) is 5.92 Å². The molecule has 0 spiro atoms. The van der Waals surface area contributed by atoms with Crippen LogP contribution in [0.2, 0.25) is 0 Å². The van der Waals surface area contributed by atoms with Crippen LogP contribution in [0, 0.1) is 5.92 Å². The van der Waals surface area contributed by atoms with Crippen LogP contribution >= 0.6 is 15.9 Å². The Morgan fingerprint density at radius 1 is 1.11 bits per heavy atom. The van der Waals surface area contributed by atoms with Gasteiger partial charge in [0.1, 0.15) is 11.4 Å². The zero-order valence-electron chi connectivity index (χ0n) is 17.5. The van der Waals surface area contributed by atoms with E-state index in [2.05, 4.69) is 33.4 Å². The number of halogens is 1. The molecule has 1 saturated carbocycles. The summed E-state index contributed by atoms with van der Waals surface area (Å²) in [6.07, 6.45) is 10.4. The summed E-state index contributed by atoms with van der Waals surface area (Å²) >= 11 is 3.70. The first-order valence-electron chi connectivity index (χ1n) is 10.8. The number of carbonyl (C=O) groups is 1. The van der Waals surface area contributed by atoms with Crippen LogP contribution in [0.15, 0.2) is 16.6 Å². The number of amides is 1. The summed E-state index contributed by atoms with van der Waals surface area (Å²) in [5, 5.41) is 3.08. The maximum Gasteiger partial charge on any atom is 0.408 e. The second-order valence-electron chi connectivity index (χ2n) is 9.24. The van der Waals surface area contributed by atoms with Gasteiger partial charge in [0.15, 0.2) is 0 Å². The van der Waals surface area contributed by atoms with E-state index in [1.807, 2.05) is 20.8 Å². The molecule has 0 bridgehead atoms. The lowest BCUT2D eigenvalue weighted by Gasteiger charge is -2.25. The van der Waals surface area contributed by atoms with Crippen molar-refractivity contribution in [2.45, 2.75) is 90.2 Å². The van der Waals surface area contributed by atoms with Gasteiger partial charge < -0.3 is 14.8 Å². The Hall–Kier alpha value is -1.23. The molecule has 1 N–H and O–H groups in total. The fourth-order valence-electron chi connectivity index (χ4n) is 4.24. The molecular formula is C23H34BrNO3. The zero-order valence-corrected chi connectivity index (χ0v) is 19.1. The van der Waals surface area contributed by atoms with Crippen molar-refractivity contribution in [1.82, 2.24) is 5.32 Å². The van der Waals surface area contributed by atoms with E-state index in [9.17, 15) is 4.79 Å². The van der Waals surface area contributed by atoms with Crippen LogP contribution in [-0.4, -0.2) is 18.3 Å². The van der Waals surface area contributed by atoms with Gasteiger partial charge in [0, 0.05) is 0 Å². The third-order valence-corrected chi connectivity index (χ3v) is 6.27. The highest BCUT2D eigenvalue weighted by Gasteiger charge is 2.25. The molecule has 1 aromatic rings. The molecule has 28 heavy (non-hydrogen) atoms. The number of benzene rings is 1. The number of rotatable bonds is 4. The molecule has 5 heteroatoms. The molecule has 0 aromatic heterocycles. The van der Waals surface area contributed by atoms with Crippen molar-refractivity contribution in [3.63, 3.8) is 0 Å². The summed E-state index contributed by atoms with van der Waals surface area (Å²) in [5.41, 5.74) is 1.97.